The highest BCUT2D eigenvalue weighted by atomic mass is 19.1. The molecule has 0 amide bonds. The Morgan fingerprint density at radius 2 is 1.96 bits per heavy atom. The summed E-state index contributed by atoms with van der Waals surface area (Å²) >= 11 is 0. The Morgan fingerprint density at radius 3 is 2.65 bits per heavy atom. The van der Waals surface area contributed by atoms with Crippen LogP contribution in [0.15, 0.2) is 60.4 Å². The molecule has 0 spiro atoms. The minimum Gasteiger partial charge on any atom is -0.454 e. The first-order chi connectivity index (χ1) is 11.1. The van der Waals surface area contributed by atoms with Crippen molar-refractivity contribution in [3.8, 4) is 11.5 Å². The lowest BCUT2D eigenvalue weighted by Gasteiger charge is -2.11. The smallest absolute Gasteiger partial charge is 0.165 e. The Bertz CT molecular complexity index is 654. The number of allylic oxidation sites excluding steroid dienone is 1. The number of para-hydroxylation sites is 1. The highest BCUT2D eigenvalue weighted by Gasteiger charge is 2.13. The molecule has 0 aliphatic heterocycles. The maximum Gasteiger partial charge on any atom is 0.165 e. The van der Waals surface area contributed by atoms with Crippen LogP contribution in [0.5, 0.6) is 11.5 Å². The Balaban J connectivity index is 2.11. The van der Waals surface area contributed by atoms with Crippen molar-refractivity contribution in [2.75, 3.05) is 0 Å². The second-order valence-electron chi connectivity index (χ2n) is 5.28. The molecule has 0 heterocycles. The molecule has 4 heteroatoms. The lowest BCUT2D eigenvalue weighted by atomic mass is 10.1. The van der Waals surface area contributed by atoms with Gasteiger partial charge in [-0.1, -0.05) is 43.7 Å². The third-order valence-electron chi connectivity index (χ3n) is 3.34. The van der Waals surface area contributed by atoms with Gasteiger partial charge < -0.3 is 9.84 Å². The molecule has 122 valence electrons. The standard InChI is InChI=1S/C19H20F2O2/c1-2-3-9-16(20)18(22)12-14-10-11-17(21)19(13-14)23-15-7-5-4-6-8-15/h4-11,13,18,22H,2-3,12H2,1H3. The average molecular weight is 318 g/mol. The van der Waals surface area contributed by atoms with Gasteiger partial charge in [0.15, 0.2) is 11.6 Å². The van der Waals surface area contributed by atoms with Crippen molar-refractivity contribution in [1.82, 2.24) is 0 Å². The molecule has 0 radical (unpaired) electrons. The molecule has 2 rings (SSSR count). The molecule has 0 saturated carbocycles. The van der Waals surface area contributed by atoms with E-state index < -0.39 is 17.7 Å². The first-order valence-electron chi connectivity index (χ1n) is 7.65. The fourth-order valence-corrected chi connectivity index (χ4v) is 2.11. The molecular weight excluding hydrogens is 298 g/mol. The number of unbranched alkanes of at least 4 members (excludes halogenated alkanes) is 1. The molecule has 2 aromatic carbocycles. The number of benzene rings is 2. The lowest BCUT2D eigenvalue weighted by Crippen LogP contribution is -2.11. The second-order valence-corrected chi connectivity index (χ2v) is 5.28. The molecule has 0 aromatic heterocycles. The van der Waals surface area contributed by atoms with Crippen molar-refractivity contribution in [1.29, 1.82) is 0 Å². The molecule has 0 aliphatic rings. The van der Waals surface area contributed by atoms with Gasteiger partial charge in [-0.05, 0) is 36.2 Å². The molecule has 1 N–H and O–H groups in total. The fourth-order valence-electron chi connectivity index (χ4n) is 2.11. The van der Waals surface area contributed by atoms with Crippen LogP contribution in [0, 0.1) is 5.82 Å². The van der Waals surface area contributed by atoms with Crippen molar-refractivity contribution >= 4 is 0 Å². The third kappa shape index (κ3) is 5.18. The van der Waals surface area contributed by atoms with Crippen molar-refractivity contribution in [3.63, 3.8) is 0 Å². The predicted octanol–water partition coefficient (Wildman–Crippen LogP) is 5.17. The number of hydrogen-bond acceptors (Lipinski definition) is 2. The summed E-state index contributed by atoms with van der Waals surface area (Å²) in [5.41, 5.74) is 0.602. The Labute approximate surface area is 135 Å². The van der Waals surface area contributed by atoms with E-state index >= 15 is 0 Å². The largest absolute Gasteiger partial charge is 0.454 e. The van der Waals surface area contributed by atoms with Gasteiger partial charge in [-0.3, -0.25) is 0 Å². The second kappa shape index (κ2) is 8.44. The van der Waals surface area contributed by atoms with Gasteiger partial charge >= 0.3 is 0 Å². The zero-order valence-electron chi connectivity index (χ0n) is 13.0. The monoisotopic (exact) mass is 318 g/mol. The summed E-state index contributed by atoms with van der Waals surface area (Å²) in [6.45, 7) is 1.93. The van der Waals surface area contributed by atoms with Gasteiger partial charge in [0, 0.05) is 6.42 Å². The first kappa shape index (κ1) is 17.2. The van der Waals surface area contributed by atoms with E-state index in [-0.39, 0.29) is 12.2 Å². The zero-order chi connectivity index (χ0) is 16.7. The normalized spacial score (nSPS) is 13.0. The summed E-state index contributed by atoms with van der Waals surface area (Å²) < 4.78 is 33.0. The third-order valence-corrected chi connectivity index (χ3v) is 3.34. The molecule has 2 aromatic rings. The molecular formula is C19H20F2O2. The minimum atomic E-state index is -1.23. The Hall–Kier alpha value is -2.20. The van der Waals surface area contributed by atoms with Crippen molar-refractivity contribution < 1.29 is 18.6 Å². The van der Waals surface area contributed by atoms with E-state index in [1.807, 2.05) is 13.0 Å². The van der Waals surface area contributed by atoms with Crippen LogP contribution in [0.1, 0.15) is 25.3 Å². The van der Waals surface area contributed by atoms with Gasteiger partial charge in [0.05, 0.1) is 0 Å². The molecule has 0 bridgehead atoms. The highest BCUT2D eigenvalue weighted by Crippen LogP contribution is 2.26. The number of halogens is 2. The van der Waals surface area contributed by atoms with Crippen molar-refractivity contribution in [2.24, 2.45) is 0 Å². The molecule has 23 heavy (non-hydrogen) atoms. The van der Waals surface area contributed by atoms with Crippen molar-refractivity contribution in [3.05, 3.63) is 71.8 Å². The van der Waals surface area contributed by atoms with E-state index in [4.69, 9.17) is 4.74 Å². The average Bonchev–Trinajstić information content (AvgIpc) is 2.56. The molecule has 2 nitrogen and oxygen atoms in total. The summed E-state index contributed by atoms with van der Waals surface area (Å²) in [4.78, 5) is 0. The van der Waals surface area contributed by atoms with E-state index in [1.165, 1.54) is 24.3 Å². The molecule has 1 atom stereocenters. The molecule has 0 aliphatic carbocycles. The van der Waals surface area contributed by atoms with E-state index in [1.54, 1.807) is 24.3 Å². The maximum absolute atomic E-state index is 13.8. The van der Waals surface area contributed by atoms with E-state index in [2.05, 4.69) is 0 Å². The van der Waals surface area contributed by atoms with Gasteiger partial charge in [0.25, 0.3) is 0 Å². The van der Waals surface area contributed by atoms with Crippen molar-refractivity contribution in [2.45, 2.75) is 32.3 Å². The first-order valence-corrected chi connectivity index (χ1v) is 7.65. The van der Waals surface area contributed by atoms with Crippen LogP contribution in [0.3, 0.4) is 0 Å². The van der Waals surface area contributed by atoms with Crippen LogP contribution in [0.25, 0.3) is 0 Å². The maximum atomic E-state index is 13.8. The molecule has 0 saturated heterocycles. The molecule has 1 unspecified atom stereocenters. The number of aliphatic hydroxyl groups is 1. The van der Waals surface area contributed by atoms with E-state index in [0.29, 0.717) is 17.7 Å². The van der Waals surface area contributed by atoms with Gasteiger partial charge in [0.1, 0.15) is 17.7 Å². The van der Waals surface area contributed by atoms with Gasteiger partial charge in [0.2, 0.25) is 0 Å². The van der Waals surface area contributed by atoms with Crippen LogP contribution in [-0.4, -0.2) is 11.2 Å². The topological polar surface area (TPSA) is 29.5 Å². The van der Waals surface area contributed by atoms with E-state index in [9.17, 15) is 13.9 Å². The van der Waals surface area contributed by atoms with Crippen LogP contribution >= 0.6 is 0 Å². The summed E-state index contributed by atoms with van der Waals surface area (Å²) in [7, 11) is 0. The number of rotatable bonds is 7. The zero-order valence-corrected chi connectivity index (χ0v) is 13.0. The van der Waals surface area contributed by atoms with Crippen LogP contribution in [0.4, 0.5) is 8.78 Å². The number of hydrogen-bond donors (Lipinski definition) is 1. The van der Waals surface area contributed by atoms with E-state index in [0.717, 1.165) is 6.42 Å². The van der Waals surface area contributed by atoms with Crippen LogP contribution in [-0.2, 0) is 6.42 Å². The summed E-state index contributed by atoms with van der Waals surface area (Å²) in [5.74, 6) is -0.493. The number of ether oxygens (including phenoxy) is 1. The minimum absolute atomic E-state index is 0.0545. The predicted molar refractivity (Wildman–Crippen MR) is 86.7 cm³/mol. The Kier molecular flexibility index (Phi) is 6.29. The van der Waals surface area contributed by atoms with Crippen LogP contribution in [0.2, 0.25) is 0 Å². The molecule has 0 fully saturated rings. The fraction of sp³-hybridized carbons (Fsp3) is 0.263. The SMILES string of the molecule is CCCC=C(F)C(O)Cc1ccc(F)c(Oc2ccccc2)c1. The quantitative estimate of drug-likeness (QED) is 0.762. The summed E-state index contributed by atoms with van der Waals surface area (Å²) in [6, 6.07) is 13.1. The van der Waals surface area contributed by atoms with Gasteiger partial charge in [-0.2, -0.15) is 0 Å². The van der Waals surface area contributed by atoms with Crippen LogP contribution < -0.4 is 4.74 Å². The van der Waals surface area contributed by atoms with Gasteiger partial charge in [-0.25, -0.2) is 8.78 Å². The summed E-state index contributed by atoms with van der Waals surface area (Å²) in [5, 5.41) is 9.87. The Morgan fingerprint density at radius 1 is 1.22 bits per heavy atom. The van der Waals surface area contributed by atoms with Gasteiger partial charge in [-0.15, -0.1) is 0 Å². The lowest BCUT2D eigenvalue weighted by molar-refractivity contribution is 0.182. The summed E-state index contributed by atoms with van der Waals surface area (Å²) in [6.07, 6.45) is 1.62. The highest BCUT2D eigenvalue weighted by molar-refractivity contribution is 5.35. The number of aliphatic hydroxyl groups excluding tert-OH is 1.